The normalized spacial score (nSPS) is 16.4. The number of Topliss-reactive ketones (excluding diaryl/α,β-unsaturated/α-hetero) is 1. The molecule has 0 spiro atoms. The molecule has 0 saturated heterocycles. The van der Waals surface area contributed by atoms with Gasteiger partial charge < -0.3 is 4.74 Å². The van der Waals surface area contributed by atoms with Crippen LogP contribution in [-0.2, 0) is 9.53 Å². The molecule has 0 heterocycles. The monoisotopic (exact) mass is 288 g/mol. The third-order valence-corrected chi connectivity index (χ3v) is 3.52. The van der Waals surface area contributed by atoms with Crippen molar-refractivity contribution in [1.82, 2.24) is 0 Å². The van der Waals surface area contributed by atoms with Crippen molar-refractivity contribution >= 4 is 5.78 Å². The molecule has 0 aromatic carbocycles. The van der Waals surface area contributed by atoms with E-state index < -0.39 is 0 Å². The first-order chi connectivity index (χ1) is 10.0. The molecule has 1 rings (SSSR count). The van der Waals surface area contributed by atoms with Crippen LogP contribution >= 0.6 is 0 Å². The summed E-state index contributed by atoms with van der Waals surface area (Å²) in [5.41, 5.74) is 3.45. The van der Waals surface area contributed by atoms with Gasteiger partial charge in [-0.3, -0.25) is 4.79 Å². The van der Waals surface area contributed by atoms with Gasteiger partial charge in [0, 0.05) is 5.57 Å². The Bertz CT molecular complexity index is 460. The van der Waals surface area contributed by atoms with Crippen LogP contribution in [0.25, 0.3) is 0 Å². The molecular weight excluding hydrogens is 260 g/mol. The van der Waals surface area contributed by atoms with Crippen molar-refractivity contribution in [2.24, 2.45) is 0 Å². The Morgan fingerprint density at radius 1 is 1.29 bits per heavy atom. The van der Waals surface area contributed by atoms with Crippen LogP contribution in [0.1, 0.15) is 53.4 Å². The van der Waals surface area contributed by atoms with E-state index in [1.165, 1.54) is 11.1 Å². The van der Waals surface area contributed by atoms with Crippen molar-refractivity contribution in [1.29, 1.82) is 0 Å². The van der Waals surface area contributed by atoms with Crippen molar-refractivity contribution in [3.63, 3.8) is 0 Å². The molecule has 0 N–H and O–H groups in total. The lowest BCUT2D eigenvalue weighted by Gasteiger charge is -2.13. The van der Waals surface area contributed by atoms with Crippen LogP contribution in [0.4, 0.5) is 0 Å². The van der Waals surface area contributed by atoms with Gasteiger partial charge in [-0.25, -0.2) is 0 Å². The Balaban J connectivity index is 2.33. The molecule has 1 atom stereocenters. The second kappa shape index (κ2) is 9.51. The largest absolute Gasteiger partial charge is 0.366 e. The lowest BCUT2D eigenvalue weighted by atomic mass is 10.0. The third kappa shape index (κ3) is 7.24. The van der Waals surface area contributed by atoms with Gasteiger partial charge in [-0.1, -0.05) is 41.5 Å². The minimum absolute atomic E-state index is 0.0848. The van der Waals surface area contributed by atoms with Crippen molar-refractivity contribution < 1.29 is 9.53 Å². The fourth-order valence-electron chi connectivity index (χ4n) is 2.13. The van der Waals surface area contributed by atoms with Crippen molar-refractivity contribution in [3.05, 3.63) is 47.1 Å². The quantitative estimate of drug-likeness (QED) is 0.592. The standard InChI is InChI=1S/C19H28O2/c1-15(2)9-8-10-16(3)13-14-21-17(4)19(20)18-11-6-5-7-12-18/h6,9,11-13,17H,5,7-8,10,14H2,1-4H3/b16-13+. The molecular formula is C19H28O2. The highest BCUT2D eigenvalue weighted by Gasteiger charge is 2.16. The number of carbonyl (C=O) groups excluding carboxylic acids is 1. The summed E-state index contributed by atoms with van der Waals surface area (Å²) in [6.07, 6.45) is 14.0. The molecule has 0 saturated carbocycles. The second-order valence-corrected chi connectivity index (χ2v) is 5.85. The Kier molecular flexibility index (Phi) is 7.99. The second-order valence-electron chi connectivity index (χ2n) is 5.85. The molecule has 2 heteroatoms. The van der Waals surface area contributed by atoms with Crippen molar-refractivity contribution in [2.75, 3.05) is 6.61 Å². The zero-order chi connectivity index (χ0) is 15.7. The van der Waals surface area contributed by atoms with E-state index in [-0.39, 0.29) is 11.9 Å². The van der Waals surface area contributed by atoms with Gasteiger partial charge in [0.05, 0.1) is 6.61 Å². The van der Waals surface area contributed by atoms with E-state index in [0.717, 1.165) is 31.3 Å². The Morgan fingerprint density at radius 3 is 2.67 bits per heavy atom. The lowest BCUT2D eigenvalue weighted by Crippen LogP contribution is -2.22. The molecule has 0 radical (unpaired) electrons. The van der Waals surface area contributed by atoms with Crippen LogP contribution in [0.3, 0.4) is 0 Å². The molecule has 0 aliphatic heterocycles. The first-order valence-electron chi connectivity index (χ1n) is 7.82. The SMILES string of the molecule is CC(C)=CCC/C(C)=C/COC(C)C(=O)C1=CCCC=C1. The van der Waals surface area contributed by atoms with Crippen LogP contribution in [0.2, 0.25) is 0 Å². The summed E-state index contributed by atoms with van der Waals surface area (Å²) in [7, 11) is 0. The molecule has 116 valence electrons. The van der Waals surface area contributed by atoms with Crippen molar-refractivity contribution in [2.45, 2.75) is 59.5 Å². The molecule has 1 aliphatic rings. The highest BCUT2D eigenvalue weighted by atomic mass is 16.5. The maximum Gasteiger partial charge on any atom is 0.190 e. The Hall–Kier alpha value is -1.41. The molecule has 1 aliphatic carbocycles. The Morgan fingerprint density at radius 2 is 2.05 bits per heavy atom. The third-order valence-electron chi connectivity index (χ3n) is 3.52. The summed E-state index contributed by atoms with van der Waals surface area (Å²) >= 11 is 0. The zero-order valence-electron chi connectivity index (χ0n) is 13.8. The van der Waals surface area contributed by atoms with Gasteiger partial charge in [0.15, 0.2) is 5.78 Å². The maximum absolute atomic E-state index is 12.1. The highest BCUT2D eigenvalue weighted by Crippen LogP contribution is 2.14. The predicted octanol–water partition coefficient (Wildman–Crippen LogP) is 4.93. The Labute approximate surface area is 129 Å². The lowest BCUT2D eigenvalue weighted by molar-refractivity contribution is -0.124. The minimum atomic E-state index is -0.374. The van der Waals surface area contributed by atoms with Gasteiger partial charge in [0.2, 0.25) is 0 Å². The fraction of sp³-hybridized carbons (Fsp3) is 0.526. The van der Waals surface area contributed by atoms with Gasteiger partial charge in [-0.15, -0.1) is 0 Å². The molecule has 2 nitrogen and oxygen atoms in total. The van der Waals surface area contributed by atoms with E-state index in [2.05, 4.69) is 32.9 Å². The van der Waals surface area contributed by atoms with Gasteiger partial charge >= 0.3 is 0 Å². The van der Waals surface area contributed by atoms with E-state index in [1.807, 2.05) is 25.2 Å². The summed E-state index contributed by atoms with van der Waals surface area (Å²) in [5, 5.41) is 0. The summed E-state index contributed by atoms with van der Waals surface area (Å²) in [5.74, 6) is 0.0848. The summed E-state index contributed by atoms with van der Waals surface area (Å²) < 4.78 is 5.64. The number of carbonyl (C=O) groups is 1. The van der Waals surface area contributed by atoms with Crippen LogP contribution in [0, 0.1) is 0 Å². The van der Waals surface area contributed by atoms with Crippen LogP contribution in [-0.4, -0.2) is 18.5 Å². The number of hydrogen-bond acceptors (Lipinski definition) is 2. The molecule has 1 unspecified atom stereocenters. The fourth-order valence-corrected chi connectivity index (χ4v) is 2.13. The first kappa shape index (κ1) is 17.6. The zero-order valence-corrected chi connectivity index (χ0v) is 13.8. The van der Waals surface area contributed by atoms with E-state index in [0.29, 0.717) is 6.61 Å². The summed E-state index contributed by atoms with van der Waals surface area (Å²) in [4.78, 5) is 12.1. The topological polar surface area (TPSA) is 26.3 Å². The molecule has 0 aromatic rings. The number of ether oxygens (including phenoxy) is 1. The number of rotatable bonds is 8. The van der Waals surface area contributed by atoms with Crippen LogP contribution in [0.5, 0.6) is 0 Å². The molecule has 0 bridgehead atoms. The molecule has 0 amide bonds. The highest BCUT2D eigenvalue weighted by molar-refractivity contribution is 6.01. The number of hydrogen-bond donors (Lipinski definition) is 0. The van der Waals surface area contributed by atoms with Crippen LogP contribution < -0.4 is 0 Å². The van der Waals surface area contributed by atoms with Crippen molar-refractivity contribution in [3.8, 4) is 0 Å². The average Bonchev–Trinajstić information content (AvgIpc) is 2.46. The number of ketones is 1. The van der Waals surface area contributed by atoms with Crippen LogP contribution in [0.15, 0.2) is 47.1 Å². The molecule has 0 aromatic heterocycles. The number of allylic oxidation sites excluding steroid dienone is 6. The predicted molar refractivity (Wildman–Crippen MR) is 89.3 cm³/mol. The van der Waals surface area contributed by atoms with Gasteiger partial charge in [0.25, 0.3) is 0 Å². The summed E-state index contributed by atoms with van der Waals surface area (Å²) in [6.45, 7) is 8.68. The molecule has 0 fully saturated rings. The van der Waals surface area contributed by atoms with E-state index >= 15 is 0 Å². The smallest absolute Gasteiger partial charge is 0.190 e. The van der Waals surface area contributed by atoms with E-state index in [1.54, 1.807) is 0 Å². The van der Waals surface area contributed by atoms with Gasteiger partial charge in [-0.05, 0) is 53.4 Å². The van der Waals surface area contributed by atoms with E-state index in [4.69, 9.17) is 4.74 Å². The maximum atomic E-state index is 12.1. The summed E-state index contributed by atoms with van der Waals surface area (Å²) in [6, 6.07) is 0. The van der Waals surface area contributed by atoms with Gasteiger partial charge in [-0.2, -0.15) is 0 Å². The first-order valence-corrected chi connectivity index (χ1v) is 7.82. The molecule has 21 heavy (non-hydrogen) atoms. The van der Waals surface area contributed by atoms with Gasteiger partial charge in [0.1, 0.15) is 6.10 Å². The average molecular weight is 288 g/mol. The van der Waals surface area contributed by atoms with E-state index in [9.17, 15) is 4.79 Å². The minimum Gasteiger partial charge on any atom is -0.366 e.